The second-order valence-electron chi connectivity index (χ2n) is 12.6. The van der Waals surface area contributed by atoms with Crippen LogP contribution in [-0.4, -0.2) is 76.7 Å². The van der Waals surface area contributed by atoms with E-state index in [4.69, 9.17) is 45.0 Å². The van der Waals surface area contributed by atoms with Gasteiger partial charge in [0.1, 0.15) is 0 Å². The normalized spacial score (nSPS) is 12.6. The van der Waals surface area contributed by atoms with E-state index in [0.29, 0.717) is 47.1 Å². The van der Waals surface area contributed by atoms with Gasteiger partial charge in [0.05, 0.1) is 48.4 Å². The van der Waals surface area contributed by atoms with Gasteiger partial charge in [-0.25, -0.2) is 0 Å². The number of methoxy groups -OCH3 is 6. The van der Waals surface area contributed by atoms with Crippen molar-refractivity contribution in [2.24, 2.45) is 0 Å². The van der Waals surface area contributed by atoms with Crippen molar-refractivity contribution in [1.82, 2.24) is 14.9 Å². The van der Waals surface area contributed by atoms with Gasteiger partial charge in [-0.15, -0.1) is 37.2 Å². The van der Waals surface area contributed by atoms with Gasteiger partial charge in [-0.1, -0.05) is 11.6 Å². The number of aromatic nitrogens is 2. The molecular weight excluding hydrogens is 786 g/mol. The molecule has 10 nitrogen and oxygen atoms in total. The van der Waals surface area contributed by atoms with Crippen LogP contribution in [-0.2, 0) is 13.1 Å². The van der Waals surface area contributed by atoms with Crippen molar-refractivity contribution in [2.45, 2.75) is 32.0 Å². The van der Waals surface area contributed by atoms with Gasteiger partial charge in [-0.3, -0.25) is 14.9 Å². The van der Waals surface area contributed by atoms with E-state index in [2.05, 4.69) is 45.1 Å². The Morgan fingerprint density at radius 2 is 1.18 bits per heavy atom. The molecule has 0 amide bonds. The van der Waals surface area contributed by atoms with Crippen LogP contribution < -0.4 is 33.3 Å². The Hall–Kier alpha value is -4.32. The molecular formula is C41H48Cl4N4O6. The number of halogens is 4. The Bertz CT molecular complexity index is 1930. The molecule has 1 aliphatic rings. The van der Waals surface area contributed by atoms with Gasteiger partial charge in [-0.05, 0) is 96.3 Å². The lowest BCUT2D eigenvalue weighted by Crippen LogP contribution is -2.44. The third-order valence-corrected chi connectivity index (χ3v) is 9.74. The van der Waals surface area contributed by atoms with Crippen molar-refractivity contribution in [2.75, 3.05) is 60.6 Å². The number of nitrogens with zero attached hydrogens (tertiary/aromatic N) is 4. The van der Waals surface area contributed by atoms with Gasteiger partial charge >= 0.3 is 0 Å². The van der Waals surface area contributed by atoms with Crippen LogP contribution in [0, 0.1) is 0 Å². The van der Waals surface area contributed by atoms with E-state index in [9.17, 15) is 0 Å². The molecule has 296 valence electrons. The van der Waals surface area contributed by atoms with E-state index in [-0.39, 0.29) is 37.2 Å². The van der Waals surface area contributed by atoms with Crippen LogP contribution in [0.2, 0.25) is 5.02 Å². The second-order valence-corrected chi connectivity index (χ2v) is 13.0. The number of ether oxygens (including phenoxy) is 6. The summed E-state index contributed by atoms with van der Waals surface area (Å²) in [4.78, 5) is 14.3. The van der Waals surface area contributed by atoms with Crippen molar-refractivity contribution in [1.29, 1.82) is 0 Å². The molecule has 14 heteroatoms. The van der Waals surface area contributed by atoms with Gasteiger partial charge in [0.25, 0.3) is 0 Å². The molecule has 0 radical (unpaired) electrons. The van der Waals surface area contributed by atoms with Crippen molar-refractivity contribution in [3.63, 3.8) is 0 Å². The quantitative estimate of drug-likeness (QED) is 0.108. The molecule has 0 spiro atoms. The molecule has 1 aliphatic heterocycles. The maximum atomic E-state index is 6.33. The van der Waals surface area contributed by atoms with Gasteiger partial charge in [0, 0.05) is 72.6 Å². The highest BCUT2D eigenvalue weighted by atomic mass is 35.5. The molecule has 0 N–H and O–H groups in total. The zero-order chi connectivity index (χ0) is 36.6. The summed E-state index contributed by atoms with van der Waals surface area (Å²) in [5.41, 5.74) is 7.07. The molecule has 0 bridgehead atoms. The maximum Gasteiger partial charge on any atom is 0.203 e. The summed E-state index contributed by atoms with van der Waals surface area (Å²) in [6, 6.07) is 22.6. The zero-order valence-electron chi connectivity index (χ0n) is 31.7. The molecule has 0 atom stereocenters. The number of piperidine rings is 1. The van der Waals surface area contributed by atoms with Crippen LogP contribution in [0.3, 0.4) is 0 Å². The molecule has 1 fully saturated rings. The minimum Gasteiger partial charge on any atom is -0.493 e. The monoisotopic (exact) mass is 832 g/mol. The number of hydrogen-bond donors (Lipinski definition) is 0. The van der Waals surface area contributed by atoms with Crippen molar-refractivity contribution < 1.29 is 28.4 Å². The first kappa shape index (κ1) is 45.1. The number of anilines is 1. The summed E-state index contributed by atoms with van der Waals surface area (Å²) >= 11 is 6.33. The van der Waals surface area contributed by atoms with Crippen molar-refractivity contribution >= 4 is 54.5 Å². The molecule has 55 heavy (non-hydrogen) atoms. The Labute approximate surface area is 347 Å². The van der Waals surface area contributed by atoms with Crippen LogP contribution in [0.1, 0.15) is 24.0 Å². The standard InChI is InChI=1S/C41H45ClN4O6.3ClH/c1-47-36-19-29(20-37(48-2)40(36)51-5)31-17-28(23-43-24-31)25-45-15-12-34(13-16-45)46(33-9-7-32(42)8-10-33)26-27-11-14-44-35(18-27)30-21-38(49-3)41(52-6)39(22-30)50-4;;;/h7-11,14,17-24,34H,12-13,15-16,25-26H2,1-6H3;3*1H. The highest BCUT2D eigenvalue weighted by Gasteiger charge is 2.26. The second kappa shape index (κ2) is 21.1. The molecule has 6 rings (SSSR count). The highest BCUT2D eigenvalue weighted by molar-refractivity contribution is 6.30. The van der Waals surface area contributed by atoms with Crippen LogP contribution in [0.4, 0.5) is 5.69 Å². The molecule has 0 unspecified atom stereocenters. The summed E-state index contributed by atoms with van der Waals surface area (Å²) < 4.78 is 33.4. The maximum absolute atomic E-state index is 6.33. The van der Waals surface area contributed by atoms with Crippen LogP contribution in [0.25, 0.3) is 22.4 Å². The minimum atomic E-state index is 0. The lowest BCUT2D eigenvalue weighted by Gasteiger charge is -2.40. The van der Waals surface area contributed by atoms with Gasteiger partial charge < -0.3 is 33.3 Å². The van der Waals surface area contributed by atoms with E-state index in [1.54, 1.807) is 42.7 Å². The summed E-state index contributed by atoms with van der Waals surface area (Å²) in [7, 11) is 9.69. The molecule has 0 aliphatic carbocycles. The lowest BCUT2D eigenvalue weighted by atomic mass is 9.99. The predicted octanol–water partition coefficient (Wildman–Crippen LogP) is 9.45. The first-order valence-electron chi connectivity index (χ1n) is 17.1. The summed E-state index contributed by atoms with van der Waals surface area (Å²) in [6.45, 7) is 3.43. The Morgan fingerprint density at radius 1 is 0.636 bits per heavy atom. The van der Waals surface area contributed by atoms with E-state index >= 15 is 0 Å². The van der Waals surface area contributed by atoms with Crippen molar-refractivity contribution in [3.05, 3.63) is 101 Å². The molecule has 3 heterocycles. The molecule has 3 aromatic carbocycles. The number of rotatable bonds is 14. The molecule has 1 saturated heterocycles. The van der Waals surface area contributed by atoms with Gasteiger partial charge in [0.15, 0.2) is 23.0 Å². The third kappa shape index (κ3) is 10.5. The van der Waals surface area contributed by atoms with E-state index in [1.165, 1.54) is 0 Å². The fourth-order valence-corrected chi connectivity index (χ4v) is 6.97. The van der Waals surface area contributed by atoms with E-state index < -0.39 is 0 Å². The molecule has 5 aromatic rings. The SMILES string of the molecule is COc1cc(-c2cncc(CN3CCC(N(Cc4ccnc(-c5cc(OC)c(OC)c(OC)c5)c4)c4ccc(Cl)cc4)CC3)c2)cc(OC)c1OC.Cl.Cl.Cl. The first-order chi connectivity index (χ1) is 25.4. The number of likely N-dealkylation sites (tertiary alicyclic amines) is 1. The molecule has 0 saturated carbocycles. The molecule has 2 aromatic heterocycles. The average Bonchev–Trinajstić information content (AvgIpc) is 3.19. The fourth-order valence-electron chi connectivity index (χ4n) is 6.85. The Kier molecular flexibility index (Phi) is 17.3. The van der Waals surface area contributed by atoms with Crippen LogP contribution in [0.15, 0.2) is 85.3 Å². The minimum absolute atomic E-state index is 0. The lowest BCUT2D eigenvalue weighted by molar-refractivity contribution is 0.200. The number of benzene rings is 3. The third-order valence-electron chi connectivity index (χ3n) is 9.49. The number of pyridine rings is 2. The van der Waals surface area contributed by atoms with E-state index in [0.717, 1.165) is 76.7 Å². The summed E-state index contributed by atoms with van der Waals surface area (Å²) in [5.74, 6) is 3.51. The van der Waals surface area contributed by atoms with Crippen LogP contribution in [0.5, 0.6) is 34.5 Å². The average molecular weight is 835 g/mol. The van der Waals surface area contributed by atoms with Gasteiger partial charge in [0.2, 0.25) is 11.5 Å². The van der Waals surface area contributed by atoms with Crippen molar-refractivity contribution in [3.8, 4) is 56.9 Å². The topological polar surface area (TPSA) is 87.6 Å². The Balaban J connectivity index is 0.00000271. The summed E-state index contributed by atoms with van der Waals surface area (Å²) in [6.07, 6.45) is 7.69. The first-order valence-corrected chi connectivity index (χ1v) is 17.5. The van der Waals surface area contributed by atoms with Crippen LogP contribution >= 0.6 is 48.8 Å². The predicted molar refractivity (Wildman–Crippen MR) is 226 cm³/mol. The van der Waals surface area contributed by atoms with E-state index in [1.807, 2.05) is 55.0 Å². The zero-order valence-corrected chi connectivity index (χ0v) is 34.9. The highest BCUT2D eigenvalue weighted by Crippen LogP contribution is 2.42. The Morgan fingerprint density at radius 3 is 1.71 bits per heavy atom. The van der Waals surface area contributed by atoms with Gasteiger partial charge in [-0.2, -0.15) is 0 Å². The smallest absolute Gasteiger partial charge is 0.203 e. The fraction of sp³-hybridized carbons (Fsp3) is 0.317. The number of hydrogen-bond acceptors (Lipinski definition) is 10. The summed E-state index contributed by atoms with van der Waals surface area (Å²) in [5, 5.41) is 0.717. The largest absolute Gasteiger partial charge is 0.493 e.